The van der Waals surface area contributed by atoms with Gasteiger partial charge in [0.1, 0.15) is 0 Å². The molecule has 0 unspecified atom stereocenters. The molecule has 1 heterocycles. The van der Waals surface area contributed by atoms with Crippen LogP contribution in [0.5, 0.6) is 0 Å². The second-order valence-electron chi connectivity index (χ2n) is 6.55. The molecule has 7 heteroatoms. The number of benzene rings is 2. The van der Waals surface area contributed by atoms with Gasteiger partial charge in [0, 0.05) is 32.7 Å². The monoisotopic (exact) mass is 401 g/mol. The van der Waals surface area contributed by atoms with Crippen molar-refractivity contribution in [2.24, 2.45) is 10.8 Å². The number of thiocarbonyl (C=S) groups is 1. The lowest BCUT2D eigenvalue weighted by molar-refractivity contribution is 0.285. The van der Waals surface area contributed by atoms with Crippen LogP contribution in [0.3, 0.4) is 0 Å². The fourth-order valence-electron chi connectivity index (χ4n) is 3.24. The third-order valence-corrected chi connectivity index (χ3v) is 4.93. The first kappa shape index (κ1) is 19.6. The minimum Gasteiger partial charge on any atom is -0.375 e. The maximum absolute atomic E-state index is 6.54. The summed E-state index contributed by atoms with van der Waals surface area (Å²) in [5.41, 5.74) is 11.2. The third kappa shape index (κ3) is 5.92. The van der Waals surface area contributed by atoms with Gasteiger partial charge in [-0.25, -0.2) is 0 Å². The van der Waals surface area contributed by atoms with Gasteiger partial charge >= 0.3 is 0 Å². The molecule has 0 aliphatic carbocycles. The molecule has 3 N–H and O–H groups in total. The molecular formula is C20H24ClN5S. The van der Waals surface area contributed by atoms with Crippen molar-refractivity contribution >= 4 is 40.8 Å². The number of nitrogens with two attached hydrogens (primary N) is 1. The average molecular weight is 402 g/mol. The Bertz CT molecular complexity index is 796. The van der Waals surface area contributed by atoms with E-state index >= 15 is 0 Å². The number of halogens is 1. The molecule has 0 atom stereocenters. The first-order chi connectivity index (χ1) is 13.1. The maximum atomic E-state index is 6.54. The number of hydrogen-bond acceptors (Lipinski definition) is 4. The van der Waals surface area contributed by atoms with Gasteiger partial charge in [0.2, 0.25) is 0 Å². The Labute approximate surface area is 170 Å². The van der Waals surface area contributed by atoms with Crippen LogP contribution in [0.25, 0.3) is 0 Å². The lowest BCUT2D eigenvalue weighted by Gasteiger charge is -2.25. The Balaban J connectivity index is 1.61. The zero-order valence-electron chi connectivity index (χ0n) is 15.1. The van der Waals surface area contributed by atoms with Crippen molar-refractivity contribution in [2.45, 2.75) is 13.0 Å². The van der Waals surface area contributed by atoms with E-state index in [-0.39, 0.29) is 5.11 Å². The summed E-state index contributed by atoms with van der Waals surface area (Å²) < 4.78 is 0. The fraction of sp³-hybridized carbons (Fsp3) is 0.300. The van der Waals surface area contributed by atoms with Gasteiger partial charge in [0.25, 0.3) is 0 Å². The summed E-state index contributed by atoms with van der Waals surface area (Å²) >= 11 is 11.3. The summed E-state index contributed by atoms with van der Waals surface area (Å²) in [6.07, 6.45) is 2.77. The summed E-state index contributed by atoms with van der Waals surface area (Å²) in [5, 5.41) is 4.83. The Kier molecular flexibility index (Phi) is 7.04. The average Bonchev–Trinajstić information content (AvgIpc) is 2.88. The smallest absolute Gasteiger partial charge is 0.184 e. The van der Waals surface area contributed by atoms with E-state index in [1.807, 2.05) is 12.1 Å². The van der Waals surface area contributed by atoms with Crippen LogP contribution in [0.15, 0.2) is 53.6 Å². The summed E-state index contributed by atoms with van der Waals surface area (Å²) in [4.78, 5) is 4.87. The first-order valence-corrected chi connectivity index (χ1v) is 9.80. The van der Waals surface area contributed by atoms with Crippen LogP contribution in [0.2, 0.25) is 5.02 Å². The first-order valence-electron chi connectivity index (χ1n) is 9.01. The Morgan fingerprint density at radius 3 is 2.70 bits per heavy atom. The van der Waals surface area contributed by atoms with Crippen molar-refractivity contribution in [3.8, 4) is 0 Å². The molecule has 5 nitrogen and oxygen atoms in total. The zero-order valence-corrected chi connectivity index (χ0v) is 16.7. The molecular weight excluding hydrogens is 378 g/mol. The standard InChI is InChI=1S/C20H24ClN5S/c21-18-13-17(14-23-24-20(22)27)7-8-19(18)26-10-4-9-25(11-12-26)15-16-5-2-1-3-6-16/h1-3,5-8,13-14H,4,9-12,15H2,(H3,22,24,27)/b23-14+. The number of hydrazone groups is 1. The molecule has 3 rings (SSSR count). The molecule has 1 fully saturated rings. The van der Waals surface area contributed by atoms with Gasteiger partial charge in [-0.3, -0.25) is 10.3 Å². The van der Waals surface area contributed by atoms with Gasteiger partial charge in [-0.05, 0) is 41.9 Å². The van der Waals surface area contributed by atoms with E-state index in [0.717, 1.165) is 55.4 Å². The van der Waals surface area contributed by atoms with E-state index in [9.17, 15) is 0 Å². The molecule has 1 aliphatic heterocycles. The largest absolute Gasteiger partial charge is 0.375 e. The van der Waals surface area contributed by atoms with Crippen LogP contribution in [-0.2, 0) is 6.54 Å². The SMILES string of the molecule is NC(=S)N/N=C/c1ccc(N2CCCN(Cc3ccccc3)CC2)c(Cl)c1. The zero-order chi connectivity index (χ0) is 19.1. The minimum atomic E-state index is 0.138. The van der Waals surface area contributed by atoms with E-state index in [2.05, 4.69) is 56.7 Å². The Morgan fingerprint density at radius 2 is 1.96 bits per heavy atom. The number of rotatable bonds is 5. The minimum absolute atomic E-state index is 0.138. The van der Waals surface area contributed by atoms with Crippen molar-refractivity contribution in [3.63, 3.8) is 0 Å². The summed E-state index contributed by atoms with van der Waals surface area (Å²) in [7, 11) is 0. The Morgan fingerprint density at radius 1 is 1.15 bits per heavy atom. The molecule has 0 amide bonds. The van der Waals surface area contributed by atoms with Gasteiger partial charge in [-0.1, -0.05) is 48.0 Å². The molecule has 1 aliphatic rings. The summed E-state index contributed by atoms with van der Waals surface area (Å²) in [6.45, 7) is 5.07. The van der Waals surface area contributed by atoms with Crippen molar-refractivity contribution in [2.75, 3.05) is 31.1 Å². The van der Waals surface area contributed by atoms with Crippen LogP contribution in [0, 0.1) is 0 Å². The highest BCUT2D eigenvalue weighted by atomic mass is 35.5. The fourth-order valence-corrected chi connectivity index (χ4v) is 3.60. The Hall–Kier alpha value is -2.15. The van der Waals surface area contributed by atoms with Crippen molar-refractivity contribution in [1.82, 2.24) is 10.3 Å². The van der Waals surface area contributed by atoms with Crippen LogP contribution in [-0.4, -0.2) is 42.4 Å². The second-order valence-corrected chi connectivity index (χ2v) is 7.39. The predicted octanol–water partition coefficient (Wildman–Crippen LogP) is 3.22. The van der Waals surface area contributed by atoms with Gasteiger partial charge < -0.3 is 10.6 Å². The number of hydrogen-bond donors (Lipinski definition) is 2. The van der Waals surface area contributed by atoms with Gasteiger partial charge in [-0.15, -0.1) is 0 Å². The normalized spacial score (nSPS) is 15.7. The van der Waals surface area contributed by atoms with Crippen molar-refractivity contribution in [1.29, 1.82) is 0 Å². The van der Waals surface area contributed by atoms with Gasteiger partial charge in [-0.2, -0.15) is 5.10 Å². The third-order valence-electron chi connectivity index (χ3n) is 4.54. The maximum Gasteiger partial charge on any atom is 0.184 e. The van der Waals surface area contributed by atoms with E-state index in [1.165, 1.54) is 5.56 Å². The number of anilines is 1. The van der Waals surface area contributed by atoms with Crippen LogP contribution in [0.4, 0.5) is 5.69 Å². The van der Waals surface area contributed by atoms with E-state index in [4.69, 9.17) is 29.6 Å². The molecule has 0 aromatic heterocycles. The number of nitrogens with zero attached hydrogens (tertiary/aromatic N) is 3. The highest BCUT2D eigenvalue weighted by Crippen LogP contribution is 2.27. The predicted molar refractivity (Wildman–Crippen MR) is 118 cm³/mol. The summed E-state index contributed by atoms with van der Waals surface area (Å²) in [6, 6.07) is 16.6. The number of nitrogens with one attached hydrogen (secondary N) is 1. The lowest BCUT2D eigenvalue weighted by Crippen LogP contribution is -2.30. The van der Waals surface area contributed by atoms with Crippen molar-refractivity contribution < 1.29 is 0 Å². The topological polar surface area (TPSA) is 56.9 Å². The quantitative estimate of drug-likeness (QED) is 0.457. The van der Waals surface area contributed by atoms with E-state index < -0.39 is 0 Å². The van der Waals surface area contributed by atoms with Gasteiger partial charge in [0.05, 0.1) is 16.9 Å². The molecule has 0 saturated carbocycles. The summed E-state index contributed by atoms with van der Waals surface area (Å²) in [5.74, 6) is 0. The highest BCUT2D eigenvalue weighted by molar-refractivity contribution is 7.80. The van der Waals surface area contributed by atoms with Crippen LogP contribution < -0.4 is 16.1 Å². The molecule has 2 aromatic carbocycles. The van der Waals surface area contributed by atoms with Crippen LogP contribution in [0.1, 0.15) is 17.5 Å². The van der Waals surface area contributed by atoms with E-state index in [1.54, 1.807) is 6.21 Å². The molecule has 142 valence electrons. The van der Waals surface area contributed by atoms with Crippen molar-refractivity contribution in [3.05, 3.63) is 64.7 Å². The molecule has 0 spiro atoms. The molecule has 27 heavy (non-hydrogen) atoms. The molecule has 0 radical (unpaired) electrons. The van der Waals surface area contributed by atoms with Crippen LogP contribution >= 0.6 is 23.8 Å². The molecule has 1 saturated heterocycles. The van der Waals surface area contributed by atoms with E-state index in [0.29, 0.717) is 0 Å². The molecule has 2 aromatic rings. The molecule has 0 bridgehead atoms. The lowest BCUT2D eigenvalue weighted by atomic mass is 10.2. The highest BCUT2D eigenvalue weighted by Gasteiger charge is 2.17. The second kappa shape index (κ2) is 9.69. The van der Waals surface area contributed by atoms with Gasteiger partial charge in [0.15, 0.2) is 5.11 Å².